The van der Waals surface area contributed by atoms with E-state index < -0.39 is 23.7 Å². The van der Waals surface area contributed by atoms with Gasteiger partial charge < -0.3 is 19.8 Å². The number of carboxylic acids is 1. The number of nitrogens with zero attached hydrogens (tertiary/aromatic N) is 2. The van der Waals surface area contributed by atoms with Crippen molar-refractivity contribution in [3.05, 3.63) is 17.5 Å². The van der Waals surface area contributed by atoms with Crippen molar-refractivity contribution >= 4 is 17.8 Å². The third-order valence-electron chi connectivity index (χ3n) is 2.75. The average Bonchev–Trinajstić information content (AvgIpc) is 2.89. The van der Waals surface area contributed by atoms with Gasteiger partial charge in [-0.25, -0.2) is 4.79 Å². The van der Waals surface area contributed by atoms with Crippen LogP contribution in [0.2, 0.25) is 0 Å². The van der Waals surface area contributed by atoms with Gasteiger partial charge in [0.1, 0.15) is 6.04 Å². The maximum atomic E-state index is 12.0. The molecule has 1 aromatic heterocycles. The number of carbonyl (C=O) groups excluding carboxylic acids is 2. The second kappa shape index (κ2) is 6.69. The molecule has 1 aromatic rings. The highest BCUT2D eigenvalue weighted by Gasteiger charge is 2.23. The maximum absolute atomic E-state index is 12.0. The molecule has 2 amide bonds. The van der Waals surface area contributed by atoms with Gasteiger partial charge in [0.2, 0.25) is 11.7 Å². The number of carboxylic acid groups (broad SMARTS) is 1. The van der Waals surface area contributed by atoms with Gasteiger partial charge in [0.05, 0.1) is 0 Å². The van der Waals surface area contributed by atoms with Gasteiger partial charge in [0.15, 0.2) is 5.69 Å². The van der Waals surface area contributed by atoms with E-state index in [2.05, 4.69) is 15.0 Å². The van der Waals surface area contributed by atoms with Crippen molar-refractivity contribution in [2.45, 2.75) is 26.8 Å². The third-order valence-corrected chi connectivity index (χ3v) is 2.75. The van der Waals surface area contributed by atoms with E-state index in [4.69, 9.17) is 5.11 Å². The molecule has 8 heteroatoms. The summed E-state index contributed by atoms with van der Waals surface area (Å²) in [5.74, 6) is -2.62. The summed E-state index contributed by atoms with van der Waals surface area (Å²) in [6.45, 7) is 6.32. The Hall–Kier alpha value is -2.38. The first-order chi connectivity index (χ1) is 9.40. The molecule has 20 heavy (non-hydrogen) atoms. The van der Waals surface area contributed by atoms with Gasteiger partial charge in [-0.1, -0.05) is 5.16 Å². The minimum absolute atomic E-state index is 0.179. The molecule has 0 radical (unpaired) electrons. The van der Waals surface area contributed by atoms with E-state index in [-0.39, 0.29) is 11.6 Å². The highest BCUT2D eigenvalue weighted by molar-refractivity contribution is 5.97. The van der Waals surface area contributed by atoms with Crippen molar-refractivity contribution in [1.29, 1.82) is 0 Å². The number of hydrogen-bond acceptors (Lipinski definition) is 5. The summed E-state index contributed by atoms with van der Waals surface area (Å²) in [4.78, 5) is 35.9. The van der Waals surface area contributed by atoms with Gasteiger partial charge >= 0.3 is 5.97 Å². The standard InChI is InChI=1S/C12H17N3O5/c1-4-15(5-2)11(17)7(3)13-10(16)8-6-9(12(18)19)20-14-8/h6-7H,4-5H2,1-3H3,(H,13,16)(H,18,19). The second-order valence-electron chi connectivity index (χ2n) is 4.09. The highest BCUT2D eigenvalue weighted by atomic mass is 16.5. The topological polar surface area (TPSA) is 113 Å². The predicted octanol–water partition coefficient (Wildman–Crippen LogP) is 0.359. The molecule has 1 unspecified atom stereocenters. The molecule has 0 saturated carbocycles. The lowest BCUT2D eigenvalue weighted by Gasteiger charge is -2.23. The summed E-state index contributed by atoms with van der Waals surface area (Å²) >= 11 is 0. The van der Waals surface area contributed by atoms with Crippen LogP contribution in [0.15, 0.2) is 10.6 Å². The zero-order chi connectivity index (χ0) is 15.3. The van der Waals surface area contributed by atoms with E-state index in [9.17, 15) is 14.4 Å². The van der Waals surface area contributed by atoms with Crippen LogP contribution in [0.5, 0.6) is 0 Å². The Morgan fingerprint density at radius 3 is 2.45 bits per heavy atom. The quantitative estimate of drug-likeness (QED) is 0.779. The Kier molecular flexibility index (Phi) is 5.24. The molecule has 0 spiro atoms. The number of amides is 2. The Labute approximate surface area is 115 Å². The van der Waals surface area contributed by atoms with Crippen LogP contribution >= 0.6 is 0 Å². The maximum Gasteiger partial charge on any atom is 0.374 e. The number of aromatic carboxylic acids is 1. The number of hydrogen-bond donors (Lipinski definition) is 2. The van der Waals surface area contributed by atoms with Crippen molar-refractivity contribution in [2.75, 3.05) is 13.1 Å². The normalized spacial score (nSPS) is 11.8. The molecule has 0 aromatic carbocycles. The smallest absolute Gasteiger partial charge is 0.374 e. The number of carbonyl (C=O) groups is 3. The van der Waals surface area contributed by atoms with E-state index in [1.54, 1.807) is 11.8 Å². The molecule has 0 fully saturated rings. The molecular weight excluding hydrogens is 266 g/mol. The van der Waals surface area contributed by atoms with E-state index >= 15 is 0 Å². The van der Waals surface area contributed by atoms with Gasteiger partial charge in [0, 0.05) is 19.2 Å². The van der Waals surface area contributed by atoms with Crippen LogP contribution in [-0.2, 0) is 4.79 Å². The minimum Gasteiger partial charge on any atom is -0.475 e. The van der Waals surface area contributed by atoms with E-state index in [1.165, 1.54) is 0 Å². The van der Waals surface area contributed by atoms with Crippen molar-refractivity contribution < 1.29 is 24.0 Å². The molecular formula is C12H17N3O5. The van der Waals surface area contributed by atoms with Gasteiger partial charge in [0.25, 0.3) is 5.91 Å². The first-order valence-corrected chi connectivity index (χ1v) is 6.20. The molecule has 0 aliphatic rings. The monoisotopic (exact) mass is 283 g/mol. The summed E-state index contributed by atoms with van der Waals surface area (Å²) in [6, 6.07) is 0.277. The first-order valence-electron chi connectivity index (χ1n) is 6.20. The lowest BCUT2D eigenvalue weighted by atomic mass is 10.2. The lowest BCUT2D eigenvalue weighted by Crippen LogP contribution is -2.46. The van der Waals surface area contributed by atoms with Crippen molar-refractivity contribution in [1.82, 2.24) is 15.4 Å². The molecule has 2 N–H and O–H groups in total. The van der Waals surface area contributed by atoms with Gasteiger partial charge in [-0.3, -0.25) is 9.59 Å². The third kappa shape index (κ3) is 3.56. The Balaban J connectivity index is 2.69. The van der Waals surface area contributed by atoms with Gasteiger partial charge in [-0.05, 0) is 20.8 Å². The molecule has 1 heterocycles. The summed E-state index contributed by atoms with van der Waals surface area (Å²) in [7, 11) is 0. The fraction of sp³-hybridized carbons (Fsp3) is 0.500. The largest absolute Gasteiger partial charge is 0.475 e. The Bertz CT molecular complexity index is 507. The average molecular weight is 283 g/mol. The van der Waals surface area contributed by atoms with E-state index in [0.717, 1.165) is 6.07 Å². The lowest BCUT2D eigenvalue weighted by molar-refractivity contribution is -0.132. The summed E-state index contributed by atoms with van der Waals surface area (Å²) in [5, 5.41) is 14.5. The van der Waals surface area contributed by atoms with Crippen LogP contribution < -0.4 is 5.32 Å². The SMILES string of the molecule is CCN(CC)C(=O)C(C)NC(=O)c1cc(C(=O)O)on1. The zero-order valence-corrected chi connectivity index (χ0v) is 11.5. The minimum atomic E-state index is -1.32. The summed E-state index contributed by atoms with van der Waals surface area (Å²) < 4.78 is 4.47. The van der Waals surface area contributed by atoms with E-state index in [1.807, 2.05) is 13.8 Å². The first kappa shape index (κ1) is 15.7. The predicted molar refractivity (Wildman–Crippen MR) is 68.3 cm³/mol. The second-order valence-corrected chi connectivity index (χ2v) is 4.09. The van der Waals surface area contributed by atoms with Crippen LogP contribution in [-0.4, -0.2) is 52.1 Å². The zero-order valence-electron chi connectivity index (χ0n) is 11.5. The van der Waals surface area contributed by atoms with Crippen LogP contribution in [0.1, 0.15) is 41.8 Å². The molecule has 1 atom stereocenters. The highest BCUT2D eigenvalue weighted by Crippen LogP contribution is 2.04. The molecule has 0 bridgehead atoms. The van der Waals surface area contributed by atoms with E-state index in [0.29, 0.717) is 13.1 Å². The Morgan fingerprint density at radius 1 is 1.40 bits per heavy atom. The van der Waals surface area contributed by atoms with Crippen molar-refractivity contribution in [3.8, 4) is 0 Å². The molecule has 8 nitrogen and oxygen atoms in total. The molecule has 110 valence electrons. The molecule has 0 aliphatic heterocycles. The Morgan fingerprint density at radius 2 is 2.00 bits per heavy atom. The van der Waals surface area contributed by atoms with Crippen LogP contribution in [0.3, 0.4) is 0 Å². The fourth-order valence-electron chi connectivity index (χ4n) is 1.62. The fourth-order valence-corrected chi connectivity index (χ4v) is 1.62. The van der Waals surface area contributed by atoms with Crippen LogP contribution in [0.4, 0.5) is 0 Å². The number of rotatable bonds is 6. The molecule has 0 saturated heterocycles. The molecule has 1 rings (SSSR count). The van der Waals surface area contributed by atoms with Crippen molar-refractivity contribution in [2.24, 2.45) is 0 Å². The summed E-state index contributed by atoms with van der Waals surface area (Å²) in [6.07, 6.45) is 0. The van der Waals surface area contributed by atoms with Crippen LogP contribution in [0.25, 0.3) is 0 Å². The van der Waals surface area contributed by atoms with Crippen molar-refractivity contribution in [3.63, 3.8) is 0 Å². The number of nitrogens with one attached hydrogen (secondary N) is 1. The number of aromatic nitrogens is 1. The summed E-state index contributed by atoms with van der Waals surface area (Å²) in [5.41, 5.74) is -0.179. The van der Waals surface area contributed by atoms with Crippen LogP contribution in [0, 0.1) is 0 Å². The molecule has 0 aliphatic carbocycles. The number of likely N-dealkylation sites (N-methyl/N-ethyl adjacent to an activating group) is 1. The van der Waals surface area contributed by atoms with Gasteiger partial charge in [-0.15, -0.1) is 0 Å². The van der Waals surface area contributed by atoms with Gasteiger partial charge in [-0.2, -0.15) is 0 Å².